The first-order valence-corrected chi connectivity index (χ1v) is 7.52. The van der Waals surface area contributed by atoms with Crippen molar-refractivity contribution in [2.24, 2.45) is 0 Å². The minimum atomic E-state index is -3.84. The summed E-state index contributed by atoms with van der Waals surface area (Å²) in [4.78, 5) is 23.7. The van der Waals surface area contributed by atoms with E-state index in [1.807, 2.05) is 0 Å². The van der Waals surface area contributed by atoms with Gasteiger partial charge in [-0.25, -0.2) is 23.2 Å². The molecule has 3 rings (SSSR count). The summed E-state index contributed by atoms with van der Waals surface area (Å²) in [6.07, 6.45) is 2.43. The van der Waals surface area contributed by atoms with Crippen LogP contribution in [0.15, 0.2) is 40.3 Å². The van der Waals surface area contributed by atoms with Crippen LogP contribution in [0.25, 0.3) is 11.0 Å². The summed E-state index contributed by atoms with van der Waals surface area (Å²) in [6, 6.07) is 4.21. The number of hydrogen-bond donors (Lipinski definition) is 3. The van der Waals surface area contributed by atoms with Crippen molar-refractivity contribution in [1.82, 2.24) is 19.9 Å². The Morgan fingerprint density at radius 3 is 2.57 bits per heavy atom. The predicted molar refractivity (Wildman–Crippen MR) is 76.8 cm³/mol. The van der Waals surface area contributed by atoms with Gasteiger partial charge in [-0.3, -0.25) is 4.72 Å². The summed E-state index contributed by atoms with van der Waals surface area (Å²) in [6.45, 7) is 0. The third-order valence-corrected chi connectivity index (χ3v) is 4.20. The highest BCUT2D eigenvalue weighted by atomic mass is 35.5. The molecule has 1 aromatic carbocycles. The molecule has 0 bridgehead atoms. The second kappa shape index (κ2) is 4.86. The Kier molecular flexibility index (Phi) is 3.15. The Morgan fingerprint density at radius 2 is 1.86 bits per heavy atom. The van der Waals surface area contributed by atoms with Gasteiger partial charge in [-0.05, 0) is 18.2 Å². The molecular formula is C11H8ClN5O3S. The number of aromatic nitrogens is 4. The molecule has 2 heterocycles. The van der Waals surface area contributed by atoms with Gasteiger partial charge in [-0.2, -0.15) is 0 Å². The highest BCUT2D eigenvalue weighted by Gasteiger charge is 2.16. The molecule has 2 aromatic heterocycles. The lowest BCUT2D eigenvalue weighted by Gasteiger charge is -2.06. The Labute approximate surface area is 123 Å². The number of halogens is 1. The fraction of sp³-hybridized carbons (Fsp3) is 0. The summed E-state index contributed by atoms with van der Waals surface area (Å²) in [5, 5.41) is 0.157. The summed E-state index contributed by atoms with van der Waals surface area (Å²) in [5.74, 6) is 0.0436. The van der Waals surface area contributed by atoms with E-state index in [0.29, 0.717) is 11.0 Å². The van der Waals surface area contributed by atoms with E-state index in [4.69, 9.17) is 11.6 Å². The molecule has 0 saturated carbocycles. The van der Waals surface area contributed by atoms with Gasteiger partial charge in [-0.15, -0.1) is 0 Å². The van der Waals surface area contributed by atoms with Crippen molar-refractivity contribution in [3.63, 3.8) is 0 Å². The monoisotopic (exact) mass is 325 g/mol. The number of fused-ring (bicyclic) bond motifs is 1. The van der Waals surface area contributed by atoms with Crippen LogP contribution >= 0.6 is 11.6 Å². The van der Waals surface area contributed by atoms with Crippen molar-refractivity contribution in [2.45, 2.75) is 4.90 Å². The fourth-order valence-electron chi connectivity index (χ4n) is 1.74. The normalized spacial score (nSPS) is 11.7. The Hall–Kier alpha value is -2.39. The second-order valence-electron chi connectivity index (χ2n) is 4.12. The third kappa shape index (κ3) is 2.73. The van der Waals surface area contributed by atoms with E-state index in [1.54, 1.807) is 0 Å². The molecule has 8 nitrogen and oxygen atoms in total. The minimum absolute atomic E-state index is 0.0120. The Balaban J connectivity index is 1.99. The van der Waals surface area contributed by atoms with E-state index in [-0.39, 0.29) is 15.9 Å². The smallest absolute Gasteiger partial charge is 0.306 e. The zero-order valence-corrected chi connectivity index (χ0v) is 11.9. The molecular weight excluding hydrogens is 318 g/mol. The van der Waals surface area contributed by atoms with Crippen LogP contribution in [-0.2, 0) is 10.0 Å². The second-order valence-corrected chi connectivity index (χ2v) is 6.19. The van der Waals surface area contributed by atoms with Crippen molar-refractivity contribution in [3.05, 3.63) is 46.2 Å². The fourth-order valence-corrected chi connectivity index (χ4v) is 2.86. The topological polar surface area (TPSA) is 121 Å². The van der Waals surface area contributed by atoms with Crippen LogP contribution in [-0.4, -0.2) is 28.4 Å². The van der Waals surface area contributed by atoms with E-state index in [1.165, 1.54) is 30.6 Å². The van der Waals surface area contributed by atoms with Crippen molar-refractivity contribution < 1.29 is 8.42 Å². The van der Waals surface area contributed by atoms with Crippen molar-refractivity contribution in [3.8, 4) is 0 Å². The summed E-state index contributed by atoms with van der Waals surface area (Å²) < 4.78 is 26.7. The van der Waals surface area contributed by atoms with E-state index >= 15 is 0 Å². The van der Waals surface area contributed by atoms with Crippen LogP contribution in [0.5, 0.6) is 0 Å². The highest BCUT2D eigenvalue weighted by Crippen LogP contribution is 2.18. The zero-order valence-electron chi connectivity index (χ0n) is 10.3. The molecule has 0 aliphatic rings. The number of nitrogens with zero attached hydrogens (tertiary/aromatic N) is 2. The minimum Gasteiger partial charge on any atom is -0.306 e. The molecule has 0 saturated heterocycles. The molecule has 0 radical (unpaired) electrons. The van der Waals surface area contributed by atoms with Gasteiger partial charge in [0, 0.05) is 0 Å². The standard InChI is InChI=1S/C11H8ClN5O3S/c12-9-4-14-10(5-13-9)17-21(19,20)6-1-2-7-8(3-6)16-11(18)15-7/h1-5H,(H,14,17)(H2,15,16,18). The average Bonchev–Trinajstić information content (AvgIpc) is 2.80. The van der Waals surface area contributed by atoms with Gasteiger partial charge in [0.1, 0.15) is 5.15 Å². The molecule has 0 amide bonds. The summed E-state index contributed by atoms with van der Waals surface area (Å²) >= 11 is 5.58. The lowest BCUT2D eigenvalue weighted by Crippen LogP contribution is -2.14. The van der Waals surface area contributed by atoms with Crippen molar-refractivity contribution in [2.75, 3.05) is 4.72 Å². The van der Waals surface area contributed by atoms with Gasteiger partial charge in [-0.1, -0.05) is 11.6 Å². The Bertz CT molecular complexity index is 961. The maximum atomic E-state index is 12.2. The van der Waals surface area contributed by atoms with Crippen LogP contribution in [0, 0.1) is 0 Å². The third-order valence-electron chi connectivity index (χ3n) is 2.66. The van der Waals surface area contributed by atoms with Gasteiger partial charge < -0.3 is 9.97 Å². The molecule has 0 atom stereocenters. The molecule has 0 aliphatic heterocycles. The maximum absolute atomic E-state index is 12.2. The van der Waals surface area contributed by atoms with E-state index in [0.717, 1.165) is 0 Å². The number of H-pyrrole nitrogens is 2. The zero-order chi connectivity index (χ0) is 15.0. The number of imidazole rings is 1. The van der Waals surface area contributed by atoms with Crippen molar-refractivity contribution >= 4 is 38.5 Å². The quantitative estimate of drug-likeness (QED) is 0.666. The number of anilines is 1. The molecule has 21 heavy (non-hydrogen) atoms. The molecule has 3 N–H and O–H groups in total. The molecule has 0 aliphatic carbocycles. The van der Waals surface area contributed by atoms with E-state index < -0.39 is 15.7 Å². The van der Waals surface area contributed by atoms with E-state index in [9.17, 15) is 13.2 Å². The van der Waals surface area contributed by atoms with Crippen LogP contribution in [0.3, 0.4) is 0 Å². The summed E-state index contributed by atoms with van der Waals surface area (Å²) in [5.41, 5.74) is 0.506. The Morgan fingerprint density at radius 1 is 1.10 bits per heavy atom. The molecule has 0 fully saturated rings. The first-order valence-electron chi connectivity index (χ1n) is 5.66. The van der Waals surface area contributed by atoms with Gasteiger partial charge in [0.05, 0.1) is 28.3 Å². The molecule has 3 aromatic rings. The average molecular weight is 326 g/mol. The number of rotatable bonds is 3. The first-order chi connectivity index (χ1) is 9.94. The van der Waals surface area contributed by atoms with Crippen LogP contribution in [0.2, 0.25) is 5.15 Å². The highest BCUT2D eigenvalue weighted by molar-refractivity contribution is 7.92. The number of benzene rings is 1. The molecule has 0 spiro atoms. The first kappa shape index (κ1) is 13.6. The number of hydrogen-bond acceptors (Lipinski definition) is 5. The largest absolute Gasteiger partial charge is 0.323 e. The number of sulfonamides is 1. The maximum Gasteiger partial charge on any atom is 0.323 e. The van der Waals surface area contributed by atoms with Crippen LogP contribution in [0.1, 0.15) is 0 Å². The van der Waals surface area contributed by atoms with E-state index in [2.05, 4.69) is 24.7 Å². The SMILES string of the molecule is O=c1[nH]c2ccc(S(=O)(=O)Nc3cnc(Cl)cn3)cc2[nH]1. The van der Waals surface area contributed by atoms with Gasteiger partial charge in [0.25, 0.3) is 10.0 Å². The van der Waals surface area contributed by atoms with Crippen LogP contribution < -0.4 is 10.4 Å². The molecule has 108 valence electrons. The summed E-state index contributed by atoms with van der Waals surface area (Å²) in [7, 11) is -3.84. The molecule has 10 heteroatoms. The lowest BCUT2D eigenvalue weighted by molar-refractivity contribution is 0.601. The van der Waals surface area contributed by atoms with Gasteiger partial charge in [0.2, 0.25) is 0 Å². The number of aromatic amines is 2. The lowest BCUT2D eigenvalue weighted by atomic mass is 10.3. The predicted octanol–water partition coefficient (Wildman–Crippen LogP) is 1.10. The van der Waals surface area contributed by atoms with Gasteiger partial charge in [0.15, 0.2) is 5.82 Å². The van der Waals surface area contributed by atoms with Gasteiger partial charge >= 0.3 is 5.69 Å². The molecule has 0 unspecified atom stereocenters. The van der Waals surface area contributed by atoms with Crippen LogP contribution in [0.4, 0.5) is 5.82 Å². The number of nitrogens with one attached hydrogen (secondary N) is 3. The van der Waals surface area contributed by atoms with Crippen molar-refractivity contribution in [1.29, 1.82) is 0 Å².